The Morgan fingerprint density at radius 3 is 2.56 bits per heavy atom. The molecule has 3 heterocycles. The lowest BCUT2D eigenvalue weighted by molar-refractivity contribution is 0.0880. The molecule has 1 aromatic carbocycles. The van der Waals surface area contributed by atoms with Gasteiger partial charge >= 0.3 is 6.03 Å². The molecule has 0 unspecified atom stereocenters. The Hall–Kier alpha value is -3.62. The third-order valence-corrected chi connectivity index (χ3v) is 4.84. The summed E-state index contributed by atoms with van der Waals surface area (Å²) in [5, 5.41) is 4.93. The van der Waals surface area contributed by atoms with E-state index in [2.05, 4.69) is 10.6 Å². The molecule has 2 aliphatic heterocycles. The highest BCUT2D eigenvalue weighted by atomic mass is 16.2. The van der Waals surface area contributed by atoms with E-state index >= 15 is 0 Å². The van der Waals surface area contributed by atoms with Gasteiger partial charge in [0, 0.05) is 19.2 Å². The lowest BCUT2D eigenvalue weighted by Crippen LogP contribution is -2.46. The number of anilines is 2. The van der Waals surface area contributed by atoms with Crippen molar-refractivity contribution in [2.24, 2.45) is 0 Å². The molecule has 0 saturated carbocycles. The predicted octanol–water partition coefficient (Wildman–Crippen LogP) is 0.531. The number of nitrogens with two attached hydrogens (primary N) is 1. The average Bonchev–Trinajstić information content (AvgIpc) is 2.91. The van der Waals surface area contributed by atoms with Gasteiger partial charge in [0.2, 0.25) is 0 Å². The maximum Gasteiger partial charge on any atom is 0.321 e. The molecule has 4 rings (SSSR count). The van der Waals surface area contributed by atoms with Crippen LogP contribution in [0.4, 0.5) is 16.3 Å². The Balaban J connectivity index is 1.91. The van der Waals surface area contributed by atoms with Gasteiger partial charge in [0.25, 0.3) is 17.4 Å². The normalized spacial score (nSPS) is 16.2. The van der Waals surface area contributed by atoms with Crippen LogP contribution >= 0.6 is 0 Å². The standard InChI is InChI=1S/C18H17N5O4/c1-9-11(22-7-3-6-20-18(22)27)4-2-5-12(9)23-13(24)8-10-14(15(23)19)17(26)21-16(10)25/h2,4-5,8H,3,6-7,19H2,1H3,(H,20,27)(H,21,25,26). The van der Waals surface area contributed by atoms with Gasteiger partial charge in [0.15, 0.2) is 0 Å². The number of fused-ring (bicyclic) bond motifs is 1. The second-order valence-corrected chi connectivity index (χ2v) is 6.43. The molecule has 1 aromatic heterocycles. The molecule has 9 nitrogen and oxygen atoms in total. The topological polar surface area (TPSA) is 127 Å². The van der Waals surface area contributed by atoms with Gasteiger partial charge in [0.1, 0.15) is 5.82 Å². The van der Waals surface area contributed by atoms with Crippen LogP contribution < -0.4 is 26.8 Å². The Morgan fingerprint density at radius 2 is 1.81 bits per heavy atom. The van der Waals surface area contributed by atoms with Crippen LogP contribution in [-0.2, 0) is 0 Å². The molecular formula is C18H17N5O4. The molecule has 2 aliphatic rings. The third kappa shape index (κ3) is 2.47. The van der Waals surface area contributed by atoms with E-state index in [0.717, 1.165) is 12.5 Å². The summed E-state index contributed by atoms with van der Waals surface area (Å²) < 4.78 is 1.19. The molecule has 0 radical (unpaired) electrons. The zero-order valence-electron chi connectivity index (χ0n) is 14.5. The van der Waals surface area contributed by atoms with Gasteiger partial charge in [-0.1, -0.05) is 6.07 Å². The first-order valence-corrected chi connectivity index (χ1v) is 8.46. The number of nitrogen functional groups attached to an aromatic ring is 1. The van der Waals surface area contributed by atoms with Crippen molar-refractivity contribution in [3.63, 3.8) is 0 Å². The molecule has 0 spiro atoms. The van der Waals surface area contributed by atoms with Crippen LogP contribution in [-0.4, -0.2) is 35.5 Å². The first kappa shape index (κ1) is 16.8. The minimum absolute atomic E-state index is 0.0138. The van der Waals surface area contributed by atoms with Crippen molar-refractivity contribution in [3.8, 4) is 5.69 Å². The van der Waals surface area contributed by atoms with Crippen molar-refractivity contribution in [2.75, 3.05) is 23.7 Å². The molecular weight excluding hydrogens is 350 g/mol. The molecule has 4 amide bonds. The molecule has 138 valence electrons. The summed E-state index contributed by atoms with van der Waals surface area (Å²) in [5.74, 6) is -1.38. The lowest BCUT2D eigenvalue weighted by Gasteiger charge is -2.29. The highest BCUT2D eigenvalue weighted by Crippen LogP contribution is 2.29. The molecule has 0 atom stereocenters. The number of carbonyl (C=O) groups excluding carboxylic acids is 3. The largest absolute Gasteiger partial charge is 0.384 e. The number of benzene rings is 1. The predicted molar refractivity (Wildman–Crippen MR) is 98.3 cm³/mol. The lowest BCUT2D eigenvalue weighted by atomic mass is 10.1. The Kier molecular flexibility index (Phi) is 3.72. The zero-order chi connectivity index (χ0) is 19.3. The highest BCUT2D eigenvalue weighted by Gasteiger charge is 2.32. The van der Waals surface area contributed by atoms with E-state index in [0.29, 0.717) is 30.0 Å². The molecule has 0 bridgehead atoms. The van der Waals surface area contributed by atoms with Gasteiger partial charge in [-0.2, -0.15) is 0 Å². The number of rotatable bonds is 2. The summed E-state index contributed by atoms with van der Waals surface area (Å²) in [4.78, 5) is 50.3. The Labute approximate surface area is 153 Å². The number of nitrogens with zero attached hydrogens (tertiary/aromatic N) is 2. The number of aromatic nitrogens is 1. The molecule has 1 fully saturated rings. The van der Waals surface area contributed by atoms with Crippen molar-refractivity contribution < 1.29 is 14.4 Å². The fourth-order valence-electron chi connectivity index (χ4n) is 3.53. The number of urea groups is 1. The second-order valence-electron chi connectivity index (χ2n) is 6.43. The number of carbonyl (C=O) groups is 3. The van der Waals surface area contributed by atoms with E-state index in [4.69, 9.17) is 5.73 Å². The number of hydrogen-bond acceptors (Lipinski definition) is 5. The van der Waals surface area contributed by atoms with Crippen molar-refractivity contribution in [1.82, 2.24) is 15.2 Å². The molecule has 2 aromatic rings. The van der Waals surface area contributed by atoms with Gasteiger partial charge < -0.3 is 11.1 Å². The maximum atomic E-state index is 12.7. The van der Waals surface area contributed by atoms with Crippen LogP contribution in [0.25, 0.3) is 5.69 Å². The van der Waals surface area contributed by atoms with E-state index < -0.39 is 17.4 Å². The molecule has 9 heteroatoms. The minimum atomic E-state index is -0.638. The highest BCUT2D eigenvalue weighted by molar-refractivity contribution is 6.23. The van der Waals surface area contributed by atoms with Crippen molar-refractivity contribution in [2.45, 2.75) is 13.3 Å². The van der Waals surface area contributed by atoms with Crippen LogP contribution in [0, 0.1) is 6.92 Å². The van der Waals surface area contributed by atoms with Crippen molar-refractivity contribution >= 4 is 29.4 Å². The van der Waals surface area contributed by atoms with Crippen LogP contribution in [0.3, 0.4) is 0 Å². The van der Waals surface area contributed by atoms with E-state index in [9.17, 15) is 19.2 Å². The SMILES string of the molecule is Cc1c(N2CCCNC2=O)cccc1-n1c(N)c2c(cc1=O)C(=O)NC2=O. The van der Waals surface area contributed by atoms with E-state index in [1.165, 1.54) is 4.57 Å². The number of imide groups is 1. The van der Waals surface area contributed by atoms with Crippen LogP contribution in [0.1, 0.15) is 32.7 Å². The molecule has 4 N–H and O–H groups in total. The zero-order valence-corrected chi connectivity index (χ0v) is 14.5. The Morgan fingerprint density at radius 1 is 1.07 bits per heavy atom. The molecule has 0 aliphatic carbocycles. The fraction of sp³-hybridized carbons (Fsp3) is 0.222. The minimum Gasteiger partial charge on any atom is -0.384 e. The summed E-state index contributed by atoms with van der Waals surface area (Å²) in [6, 6.07) is 6.07. The number of pyridine rings is 1. The summed E-state index contributed by atoms with van der Waals surface area (Å²) in [7, 11) is 0. The van der Waals surface area contributed by atoms with Crippen molar-refractivity contribution in [3.05, 3.63) is 51.3 Å². The van der Waals surface area contributed by atoms with Crippen molar-refractivity contribution in [1.29, 1.82) is 0 Å². The Bertz CT molecular complexity index is 1070. The van der Waals surface area contributed by atoms with Gasteiger partial charge in [-0.15, -0.1) is 0 Å². The summed E-state index contributed by atoms with van der Waals surface area (Å²) in [5.41, 5.74) is 7.29. The van der Waals surface area contributed by atoms with Crippen LogP contribution in [0.2, 0.25) is 0 Å². The summed E-state index contributed by atoms with van der Waals surface area (Å²) >= 11 is 0. The molecule has 1 saturated heterocycles. The summed E-state index contributed by atoms with van der Waals surface area (Å²) in [6.45, 7) is 2.95. The van der Waals surface area contributed by atoms with E-state index in [1.54, 1.807) is 30.0 Å². The van der Waals surface area contributed by atoms with Gasteiger partial charge in [-0.25, -0.2) is 4.79 Å². The van der Waals surface area contributed by atoms with Gasteiger partial charge in [-0.3, -0.25) is 29.2 Å². The monoisotopic (exact) mass is 367 g/mol. The molecule has 27 heavy (non-hydrogen) atoms. The van der Waals surface area contributed by atoms with Gasteiger partial charge in [0.05, 0.1) is 22.5 Å². The quantitative estimate of drug-likeness (QED) is 0.668. The number of amides is 4. The fourth-order valence-corrected chi connectivity index (χ4v) is 3.53. The van der Waals surface area contributed by atoms with E-state index in [1.807, 2.05) is 0 Å². The number of nitrogens with one attached hydrogen (secondary N) is 2. The first-order valence-electron chi connectivity index (χ1n) is 8.46. The van der Waals surface area contributed by atoms with E-state index in [-0.39, 0.29) is 23.0 Å². The summed E-state index contributed by atoms with van der Waals surface area (Å²) in [6.07, 6.45) is 0.804. The smallest absolute Gasteiger partial charge is 0.321 e. The average molecular weight is 367 g/mol. The van der Waals surface area contributed by atoms with Crippen LogP contribution in [0.5, 0.6) is 0 Å². The maximum absolute atomic E-state index is 12.7. The van der Waals surface area contributed by atoms with Gasteiger partial charge in [-0.05, 0) is 31.0 Å². The third-order valence-electron chi connectivity index (χ3n) is 4.84. The van der Waals surface area contributed by atoms with Crippen LogP contribution in [0.15, 0.2) is 29.1 Å². The first-order chi connectivity index (χ1) is 12.9. The number of hydrogen-bond donors (Lipinski definition) is 3. The second kappa shape index (κ2) is 5.97.